The Morgan fingerprint density at radius 3 is 3.07 bits per heavy atom. The van der Waals surface area contributed by atoms with E-state index in [4.69, 9.17) is 16.3 Å². The predicted octanol–water partition coefficient (Wildman–Crippen LogP) is 4.25. The molecule has 1 atom stereocenters. The molecule has 1 saturated heterocycles. The number of nitrogens with one attached hydrogen (secondary N) is 1. The van der Waals surface area contributed by atoms with Gasteiger partial charge in [-0.2, -0.15) is 5.26 Å². The Bertz CT molecular complexity index is 881. The second kappa shape index (κ2) is 9.43. The molecule has 6 nitrogen and oxygen atoms in total. The number of amides is 1. The van der Waals surface area contributed by atoms with Crippen LogP contribution < -0.4 is 15.0 Å². The molecule has 0 aliphatic carbocycles. The Kier molecular flexibility index (Phi) is 6.72. The van der Waals surface area contributed by atoms with Crippen molar-refractivity contribution in [3.8, 4) is 11.8 Å². The second-order valence-corrected chi connectivity index (χ2v) is 7.28. The highest BCUT2D eigenvalue weighted by atomic mass is 35.5. The number of hydrogen-bond donors (Lipinski definition) is 1. The summed E-state index contributed by atoms with van der Waals surface area (Å²) in [6.07, 6.45) is 5.05. The molecule has 1 fully saturated rings. The third-order valence-corrected chi connectivity index (χ3v) is 5.24. The van der Waals surface area contributed by atoms with E-state index in [1.54, 1.807) is 43.6 Å². The third-order valence-electron chi connectivity index (χ3n) is 4.94. The summed E-state index contributed by atoms with van der Waals surface area (Å²) in [6.45, 7) is 1.70. The zero-order valence-electron chi connectivity index (χ0n) is 15.8. The van der Waals surface area contributed by atoms with Crippen LogP contribution in [0.4, 0.5) is 11.5 Å². The van der Waals surface area contributed by atoms with E-state index in [1.165, 1.54) is 0 Å². The molecule has 1 aromatic carbocycles. The average Bonchev–Trinajstić information content (AvgIpc) is 2.72. The van der Waals surface area contributed by atoms with Crippen molar-refractivity contribution in [1.82, 2.24) is 4.98 Å². The first kappa shape index (κ1) is 20.0. The van der Waals surface area contributed by atoms with Crippen LogP contribution in [0.3, 0.4) is 0 Å². The number of hydrogen-bond acceptors (Lipinski definition) is 5. The Labute approximate surface area is 170 Å². The van der Waals surface area contributed by atoms with Gasteiger partial charge in [0.15, 0.2) is 0 Å². The molecular formula is C21H23ClN4O2. The quantitative estimate of drug-likeness (QED) is 0.786. The summed E-state index contributed by atoms with van der Waals surface area (Å²) in [5.41, 5.74) is 1.26. The molecule has 3 rings (SSSR count). The summed E-state index contributed by atoms with van der Waals surface area (Å²) in [5.74, 6) is 1.68. The van der Waals surface area contributed by atoms with Gasteiger partial charge in [0.2, 0.25) is 5.91 Å². The smallest absolute Gasteiger partial charge is 0.224 e. The van der Waals surface area contributed by atoms with Crippen molar-refractivity contribution >= 4 is 29.0 Å². The third kappa shape index (κ3) is 4.93. The molecular weight excluding hydrogens is 376 g/mol. The van der Waals surface area contributed by atoms with Crippen LogP contribution in [0.2, 0.25) is 5.02 Å². The average molecular weight is 399 g/mol. The summed E-state index contributed by atoms with van der Waals surface area (Å²) >= 11 is 6.10. The lowest BCUT2D eigenvalue weighted by Gasteiger charge is -2.34. The fourth-order valence-corrected chi connectivity index (χ4v) is 3.79. The number of rotatable bonds is 6. The molecule has 0 saturated carbocycles. The van der Waals surface area contributed by atoms with E-state index in [9.17, 15) is 10.1 Å². The normalized spacial score (nSPS) is 16.3. The zero-order valence-corrected chi connectivity index (χ0v) is 16.6. The van der Waals surface area contributed by atoms with E-state index in [1.807, 2.05) is 0 Å². The van der Waals surface area contributed by atoms with Crippen molar-refractivity contribution in [2.75, 3.05) is 30.4 Å². The molecule has 2 aromatic rings. The molecule has 0 unspecified atom stereocenters. The first-order chi connectivity index (χ1) is 13.6. The number of carbonyl (C=O) groups is 1. The highest BCUT2D eigenvalue weighted by molar-refractivity contribution is 6.32. The molecule has 1 N–H and O–H groups in total. The number of anilines is 2. The van der Waals surface area contributed by atoms with E-state index >= 15 is 0 Å². The number of piperidine rings is 1. The first-order valence-electron chi connectivity index (χ1n) is 9.34. The molecule has 0 radical (unpaired) electrons. The van der Waals surface area contributed by atoms with Gasteiger partial charge in [-0.1, -0.05) is 11.6 Å². The summed E-state index contributed by atoms with van der Waals surface area (Å²) in [4.78, 5) is 18.9. The fraction of sp³-hybridized carbons (Fsp3) is 0.381. The van der Waals surface area contributed by atoms with Gasteiger partial charge in [-0.15, -0.1) is 0 Å². The number of nitriles is 1. The topological polar surface area (TPSA) is 78.2 Å². The van der Waals surface area contributed by atoms with Crippen molar-refractivity contribution in [1.29, 1.82) is 5.26 Å². The molecule has 146 valence electrons. The van der Waals surface area contributed by atoms with Gasteiger partial charge in [0, 0.05) is 31.4 Å². The van der Waals surface area contributed by atoms with Crippen molar-refractivity contribution < 1.29 is 9.53 Å². The van der Waals surface area contributed by atoms with Crippen LogP contribution >= 0.6 is 11.6 Å². The maximum Gasteiger partial charge on any atom is 0.224 e. The molecule has 28 heavy (non-hydrogen) atoms. The number of ether oxygens (including phenoxy) is 1. The lowest BCUT2D eigenvalue weighted by atomic mass is 9.93. The SMILES string of the molecule is COc1ccc(NC(=O)CC[C@H]2CCCN(c3ncccc3C#N)C2)cc1Cl. The molecule has 0 spiro atoms. The van der Waals surface area contributed by atoms with Crippen LogP contribution in [0, 0.1) is 17.2 Å². The summed E-state index contributed by atoms with van der Waals surface area (Å²) in [7, 11) is 1.55. The van der Waals surface area contributed by atoms with Crippen molar-refractivity contribution in [2.45, 2.75) is 25.7 Å². The van der Waals surface area contributed by atoms with Gasteiger partial charge in [-0.05, 0) is 55.5 Å². The maximum atomic E-state index is 12.3. The second-order valence-electron chi connectivity index (χ2n) is 6.88. The number of benzene rings is 1. The van der Waals surface area contributed by atoms with Crippen LogP contribution in [0.5, 0.6) is 5.75 Å². The molecule has 1 amide bonds. The van der Waals surface area contributed by atoms with Crippen LogP contribution in [-0.4, -0.2) is 31.1 Å². The van der Waals surface area contributed by atoms with Crippen molar-refractivity contribution in [3.05, 3.63) is 47.1 Å². The van der Waals surface area contributed by atoms with E-state index in [0.717, 1.165) is 38.2 Å². The monoisotopic (exact) mass is 398 g/mol. The Morgan fingerprint density at radius 2 is 2.32 bits per heavy atom. The largest absolute Gasteiger partial charge is 0.495 e. The molecule has 1 aliphatic heterocycles. The molecule has 2 heterocycles. The van der Waals surface area contributed by atoms with Gasteiger partial charge in [-0.25, -0.2) is 4.98 Å². The Morgan fingerprint density at radius 1 is 1.46 bits per heavy atom. The van der Waals surface area contributed by atoms with E-state index in [2.05, 4.69) is 21.3 Å². The molecule has 0 bridgehead atoms. The van der Waals surface area contributed by atoms with Crippen LogP contribution in [-0.2, 0) is 4.79 Å². The predicted molar refractivity (Wildman–Crippen MR) is 110 cm³/mol. The van der Waals surface area contributed by atoms with E-state index in [-0.39, 0.29) is 5.91 Å². The van der Waals surface area contributed by atoms with E-state index in [0.29, 0.717) is 34.4 Å². The number of halogens is 1. The molecule has 1 aromatic heterocycles. The van der Waals surface area contributed by atoms with Gasteiger partial charge in [0.05, 0.1) is 17.7 Å². The summed E-state index contributed by atoms with van der Waals surface area (Å²) < 4.78 is 5.12. The molecule has 1 aliphatic rings. The number of carbonyl (C=O) groups excluding carboxylic acids is 1. The molecule has 7 heteroatoms. The summed E-state index contributed by atoms with van der Waals surface area (Å²) in [5, 5.41) is 12.6. The minimum Gasteiger partial charge on any atom is -0.495 e. The Hall–Kier alpha value is -2.78. The fourth-order valence-electron chi connectivity index (χ4n) is 3.53. The van der Waals surface area contributed by atoms with Gasteiger partial charge in [0.1, 0.15) is 17.6 Å². The number of pyridine rings is 1. The Balaban J connectivity index is 1.53. The highest BCUT2D eigenvalue weighted by Gasteiger charge is 2.23. The zero-order chi connectivity index (χ0) is 19.9. The summed E-state index contributed by atoms with van der Waals surface area (Å²) in [6, 6.07) is 11.0. The van der Waals surface area contributed by atoms with Crippen molar-refractivity contribution in [3.63, 3.8) is 0 Å². The van der Waals surface area contributed by atoms with Gasteiger partial charge >= 0.3 is 0 Å². The van der Waals surface area contributed by atoms with Gasteiger partial charge in [-0.3, -0.25) is 4.79 Å². The lowest BCUT2D eigenvalue weighted by molar-refractivity contribution is -0.116. The van der Waals surface area contributed by atoms with Gasteiger partial charge in [0.25, 0.3) is 0 Å². The van der Waals surface area contributed by atoms with Crippen LogP contribution in [0.25, 0.3) is 0 Å². The number of nitrogens with zero attached hydrogens (tertiary/aromatic N) is 3. The first-order valence-corrected chi connectivity index (χ1v) is 9.72. The minimum absolute atomic E-state index is 0.0334. The van der Waals surface area contributed by atoms with Crippen LogP contribution in [0.15, 0.2) is 36.5 Å². The number of aromatic nitrogens is 1. The minimum atomic E-state index is -0.0334. The van der Waals surface area contributed by atoms with E-state index < -0.39 is 0 Å². The lowest BCUT2D eigenvalue weighted by Crippen LogP contribution is -2.36. The van der Waals surface area contributed by atoms with Crippen molar-refractivity contribution in [2.24, 2.45) is 5.92 Å². The highest BCUT2D eigenvalue weighted by Crippen LogP contribution is 2.28. The van der Waals surface area contributed by atoms with Gasteiger partial charge < -0.3 is 15.0 Å². The standard InChI is InChI=1S/C21H23ClN4O2/c1-28-19-8-7-17(12-18(19)22)25-20(27)9-6-15-4-3-11-26(14-15)21-16(13-23)5-2-10-24-21/h2,5,7-8,10,12,15H,3-4,6,9,11,14H2,1H3,(H,25,27)/t15-/m1/s1. The number of methoxy groups -OCH3 is 1. The maximum absolute atomic E-state index is 12.3. The van der Waals surface area contributed by atoms with Crippen LogP contribution in [0.1, 0.15) is 31.2 Å².